The highest BCUT2D eigenvalue weighted by Crippen LogP contribution is 2.31. The Kier molecular flexibility index (Phi) is 4.20. The van der Waals surface area contributed by atoms with Crippen molar-refractivity contribution in [3.05, 3.63) is 53.8 Å². The summed E-state index contributed by atoms with van der Waals surface area (Å²) in [7, 11) is 0. The normalized spacial score (nSPS) is 11.9. The van der Waals surface area contributed by atoms with Gasteiger partial charge in [0.25, 0.3) is 11.3 Å². The standard InChI is InChI=1S/C13H10FNO5S/c14-8-2-1-3-9(6-8)15(21(19)20)10-4-5-11(13(17)18)12(16)7-10/h1-7,16H,(H,17,18)(H,19,20). The highest BCUT2D eigenvalue weighted by atomic mass is 32.2. The van der Waals surface area contributed by atoms with Crippen LogP contribution in [0.5, 0.6) is 5.75 Å². The molecule has 0 radical (unpaired) electrons. The van der Waals surface area contributed by atoms with Gasteiger partial charge in [0.1, 0.15) is 17.1 Å². The van der Waals surface area contributed by atoms with Gasteiger partial charge in [-0.15, -0.1) is 0 Å². The van der Waals surface area contributed by atoms with Crippen LogP contribution in [-0.2, 0) is 11.3 Å². The number of rotatable bonds is 4. The SMILES string of the molecule is O=C(O)c1ccc(N(c2cccc(F)c2)S(=O)O)cc1O. The molecule has 0 aliphatic carbocycles. The number of carbonyl (C=O) groups is 1. The van der Waals surface area contributed by atoms with Gasteiger partial charge in [-0.1, -0.05) is 6.07 Å². The monoisotopic (exact) mass is 311 g/mol. The molecule has 2 aromatic carbocycles. The van der Waals surface area contributed by atoms with E-state index in [1.54, 1.807) is 0 Å². The molecule has 2 aromatic rings. The highest BCUT2D eigenvalue weighted by Gasteiger charge is 2.18. The maximum absolute atomic E-state index is 13.2. The lowest BCUT2D eigenvalue weighted by atomic mass is 10.1. The summed E-state index contributed by atoms with van der Waals surface area (Å²) in [6, 6.07) is 8.31. The fourth-order valence-corrected chi connectivity index (χ4v) is 2.35. The molecule has 0 bridgehead atoms. The van der Waals surface area contributed by atoms with E-state index in [9.17, 15) is 23.1 Å². The van der Waals surface area contributed by atoms with Crippen LogP contribution >= 0.6 is 0 Å². The van der Waals surface area contributed by atoms with Crippen molar-refractivity contribution < 1.29 is 28.2 Å². The summed E-state index contributed by atoms with van der Waals surface area (Å²) in [5, 5.41) is 18.5. The molecule has 0 amide bonds. The topological polar surface area (TPSA) is 98.1 Å². The number of hydrogen-bond acceptors (Lipinski definition) is 3. The van der Waals surface area contributed by atoms with E-state index in [2.05, 4.69) is 0 Å². The van der Waals surface area contributed by atoms with Gasteiger partial charge in [-0.05, 0) is 30.3 Å². The molecule has 1 unspecified atom stereocenters. The molecule has 0 fully saturated rings. The zero-order valence-electron chi connectivity index (χ0n) is 10.4. The van der Waals surface area contributed by atoms with Crippen LogP contribution in [0.15, 0.2) is 42.5 Å². The lowest BCUT2D eigenvalue weighted by Crippen LogP contribution is -2.19. The summed E-state index contributed by atoms with van der Waals surface area (Å²) in [5.41, 5.74) is -0.219. The fourth-order valence-electron chi connectivity index (χ4n) is 1.76. The molecule has 0 saturated heterocycles. The molecule has 110 valence electrons. The molecule has 0 aliphatic heterocycles. The van der Waals surface area contributed by atoms with Gasteiger partial charge in [-0.25, -0.2) is 17.7 Å². The number of nitrogens with zero attached hydrogens (tertiary/aromatic N) is 1. The van der Waals surface area contributed by atoms with E-state index in [-0.39, 0.29) is 16.9 Å². The van der Waals surface area contributed by atoms with Gasteiger partial charge in [0.2, 0.25) is 0 Å². The number of aromatic hydroxyl groups is 1. The molecule has 0 heterocycles. The number of halogens is 1. The Labute approximate surface area is 121 Å². The first-order chi connectivity index (χ1) is 9.90. The van der Waals surface area contributed by atoms with E-state index in [0.29, 0.717) is 0 Å². The minimum Gasteiger partial charge on any atom is -0.507 e. The first kappa shape index (κ1) is 14.9. The van der Waals surface area contributed by atoms with Crippen LogP contribution in [0.1, 0.15) is 10.4 Å². The van der Waals surface area contributed by atoms with E-state index in [0.717, 1.165) is 22.5 Å². The van der Waals surface area contributed by atoms with Gasteiger partial charge in [-0.2, -0.15) is 0 Å². The predicted molar refractivity (Wildman–Crippen MR) is 74.4 cm³/mol. The second-order valence-corrected chi connectivity index (χ2v) is 4.84. The van der Waals surface area contributed by atoms with Crippen LogP contribution in [0.25, 0.3) is 0 Å². The number of carboxylic acid groups (broad SMARTS) is 1. The van der Waals surface area contributed by atoms with Crippen molar-refractivity contribution in [3.63, 3.8) is 0 Å². The first-order valence-corrected chi connectivity index (χ1v) is 6.69. The van der Waals surface area contributed by atoms with Crippen LogP contribution in [0.2, 0.25) is 0 Å². The second-order valence-electron chi connectivity index (χ2n) is 4.01. The van der Waals surface area contributed by atoms with Crippen LogP contribution in [-0.4, -0.2) is 24.9 Å². The smallest absolute Gasteiger partial charge is 0.339 e. The van der Waals surface area contributed by atoms with Crippen molar-refractivity contribution in [1.29, 1.82) is 0 Å². The molecule has 0 spiro atoms. The number of carboxylic acids is 1. The number of aromatic carboxylic acids is 1. The summed E-state index contributed by atoms with van der Waals surface area (Å²) in [6.07, 6.45) is 0. The Bertz CT molecular complexity index is 721. The largest absolute Gasteiger partial charge is 0.507 e. The van der Waals surface area contributed by atoms with Gasteiger partial charge in [0.15, 0.2) is 0 Å². The molecule has 1 atom stereocenters. The molecular formula is C13H10FNO5S. The zero-order valence-corrected chi connectivity index (χ0v) is 11.2. The Morgan fingerprint density at radius 3 is 2.33 bits per heavy atom. The molecular weight excluding hydrogens is 301 g/mol. The van der Waals surface area contributed by atoms with E-state index in [1.807, 2.05) is 0 Å². The van der Waals surface area contributed by atoms with Gasteiger partial charge >= 0.3 is 5.97 Å². The van der Waals surface area contributed by atoms with Crippen molar-refractivity contribution in [3.8, 4) is 5.75 Å². The molecule has 2 rings (SSSR count). The van der Waals surface area contributed by atoms with Gasteiger partial charge in [0.05, 0.1) is 11.4 Å². The van der Waals surface area contributed by atoms with Crippen LogP contribution in [0.3, 0.4) is 0 Å². The quantitative estimate of drug-likeness (QED) is 0.754. The van der Waals surface area contributed by atoms with Crippen molar-refractivity contribution in [2.24, 2.45) is 0 Å². The van der Waals surface area contributed by atoms with E-state index < -0.39 is 28.8 Å². The zero-order chi connectivity index (χ0) is 15.6. The maximum Gasteiger partial charge on any atom is 0.339 e. The lowest BCUT2D eigenvalue weighted by Gasteiger charge is -2.20. The number of hydrogen-bond donors (Lipinski definition) is 3. The predicted octanol–water partition coefficient (Wildman–Crippen LogP) is 2.50. The number of phenols is 1. The summed E-state index contributed by atoms with van der Waals surface area (Å²) in [6.45, 7) is 0. The van der Waals surface area contributed by atoms with E-state index in [4.69, 9.17) is 5.11 Å². The lowest BCUT2D eigenvalue weighted by molar-refractivity contribution is 0.0694. The first-order valence-electron chi connectivity index (χ1n) is 5.63. The van der Waals surface area contributed by atoms with Crippen molar-refractivity contribution >= 4 is 28.6 Å². The summed E-state index contributed by atoms with van der Waals surface area (Å²) in [5.74, 6) is -2.50. The van der Waals surface area contributed by atoms with Crippen LogP contribution < -0.4 is 4.31 Å². The van der Waals surface area contributed by atoms with Crippen molar-refractivity contribution in [2.75, 3.05) is 4.31 Å². The molecule has 0 saturated carbocycles. The van der Waals surface area contributed by atoms with Gasteiger partial charge < -0.3 is 10.2 Å². The minimum atomic E-state index is -2.53. The molecule has 0 aliphatic rings. The Morgan fingerprint density at radius 2 is 1.81 bits per heavy atom. The summed E-state index contributed by atoms with van der Waals surface area (Å²) >= 11 is -2.53. The molecule has 3 N–H and O–H groups in total. The Hall–Kier alpha value is -2.45. The third kappa shape index (κ3) is 3.18. The Morgan fingerprint density at radius 1 is 1.14 bits per heavy atom. The number of benzene rings is 2. The van der Waals surface area contributed by atoms with Crippen LogP contribution in [0, 0.1) is 5.82 Å². The maximum atomic E-state index is 13.2. The fraction of sp³-hybridized carbons (Fsp3) is 0. The molecule has 8 heteroatoms. The third-order valence-electron chi connectivity index (χ3n) is 2.65. The number of anilines is 2. The second kappa shape index (κ2) is 5.90. The summed E-state index contributed by atoms with van der Waals surface area (Å²) < 4.78 is 34.9. The van der Waals surface area contributed by atoms with Gasteiger partial charge in [-0.3, -0.25) is 4.55 Å². The van der Waals surface area contributed by atoms with Crippen LogP contribution in [0.4, 0.5) is 15.8 Å². The van der Waals surface area contributed by atoms with E-state index in [1.165, 1.54) is 24.3 Å². The minimum absolute atomic E-state index is 0.0453. The summed E-state index contributed by atoms with van der Waals surface area (Å²) in [4.78, 5) is 10.8. The molecule has 0 aromatic heterocycles. The average Bonchev–Trinajstić information content (AvgIpc) is 2.38. The Balaban J connectivity index is 2.51. The van der Waals surface area contributed by atoms with Crippen molar-refractivity contribution in [1.82, 2.24) is 0 Å². The molecule has 6 nitrogen and oxygen atoms in total. The molecule has 21 heavy (non-hydrogen) atoms. The van der Waals surface area contributed by atoms with Gasteiger partial charge in [0, 0.05) is 6.07 Å². The van der Waals surface area contributed by atoms with Crippen molar-refractivity contribution in [2.45, 2.75) is 0 Å². The van der Waals surface area contributed by atoms with E-state index >= 15 is 0 Å². The highest BCUT2D eigenvalue weighted by molar-refractivity contribution is 7.81. The average molecular weight is 311 g/mol. The third-order valence-corrected chi connectivity index (χ3v) is 3.38.